The summed E-state index contributed by atoms with van der Waals surface area (Å²) in [4.78, 5) is 14.3. The fourth-order valence-electron chi connectivity index (χ4n) is 2.83. The van der Waals surface area contributed by atoms with Gasteiger partial charge in [0.15, 0.2) is 5.82 Å². The molecule has 2 heterocycles. The highest BCUT2D eigenvalue weighted by molar-refractivity contribution is 7.99. The summed E-state index contributed by atoms with van der Waals surface area (Å²) in [5, 5.41) is 12.3. The Bertz CT molecular complexity index is 680. The van der Waals surface area contributed by atoms with Crippen molar-refractivity contribution < 1.29 is 4.79 Å². The highest BCUT2D eigenvalue weighted by Gasteiger charge is 2.12. The quantitative estimate of drug-likeness (QED) is 0.824. The Morgan fingerprint density at radius 3 is 2.40 bits per heavy atom. The summed E-state index contributed by atoms with van der Waals surface area (Å²) in [5.74, 6) is 1.23. The van der Waals surface area contributed by atoms with Crippen LogP contribution in [0.5, 0.6) is 0 Å². The smallest absolute Gasteiger partial charge is 0.234 e. The van der Waals surface area contributed by atoms with Crippen LogP contribution >= 0.6 is 11.8 Å². The molecule has 1 aliphatic heterocycles. The molecule has 1 N–H and O–H groups in total. The third kappa shape index (κ3) is 5.46. The molecule has 6 heteroatoms. The zero-order valence-corrected chi connectivity index (χ0v) is 15.4. The standard InChI is InChI=1S/C19H24N4OS/c1-15-6-8-16(9-7-15)20-18(24)14-25-19-11-10-17(21-22-19)23-12-4-2-3-5-13-23/h6-11H,2-5,12-14H2,1H3,(H,20,24). The van der Waals surface area contributed by atoms with Crippen LogP contribution < -0.4 is 10.2 Å². The van der Waals surface area contributed by atoms with E-state index in [9.17, 15) is 4.79 Å². The summed E-state index contributed by atoms with van der Waals surface area (Å²) >= 11 is 1.41. The first-order chi connectivity index (χ1) is 12.2. The molecule has 1 amide bonds. The van der Waals surface area contributed by atoms with Gasteiger partial charge in [-0.05, 0) is 44.0 Å². The molecule has 1 saturated heterocycles. The van der Waals surface area contributed by atoms with E-state index >= 15 is 0 Å². The van der Waals surface area contributed by atoms with Crippen molar-refractivity contribution in [3.63, 3.8) is 0 Å². The van der Waals surface area contributed by atoms with E-state index in [4.69, 9.17) is 0 Å². The Balaban J connectivity index is 1.49. The topological polar surface area (TPSA) is 58.1 Å². The number of hydrogen-bond donors (Lipinski definition) is 1. The number of amides is 1. The zero-order chi connectivity index (χ0) is 17.5. The number of carbonyl (C=O) groups is 1. The van der Waals surface area contributed by atoms with Gasteiger partial charge in [-0.25, -0.2) is 0 Å². The average molecular weight is 356 g/mol. The number of nitrogens with one attached hydrogen (secondary N) is 1. The van der Waals surface area contributed by atoms with Gasteiger partial charge in [-0.1, -0.05) is 42.3 Å². The molecule has 0 saturated carbocycles. The van der Waals surface area contributed by atoms with Crippen molar-refractivity contribution in [1.82, 2.24) is 10.2 Å². The average Bonchev–Trinajstić information content (AvgIpc) is 2.92. The second kappa shape index (κ2) is 8.85. The van der Waals surface area contributed by atoms with Gasteiger partial charge in [0.05, 0.1) is 5.75 Å². The lowest BCUT2D eigenvalue weighted by atomic mass is 10.2. The van der Waals surface area contributed by atoms with Crippen LogP contribution in [0.1, 0.15) is 31.2 Å². The minimum Gasteiger partial charge on any atom is -0.355 e. The van der Waals surface area contributed by atoms with Crippen LogP contribution in [-0.2, 0) is 4.79 Å². The first-order valence-electron chi connectivity index (χ1n) is 8.79. The van der Waals surface area contributed by atoms with E-state index in [-0.39, 0.29) is 5.91 Å². The second-order valence-corrected chi connectivity index (χ2v) is 7.33. The molecule has 1 aliphatic rings. The van der Waals surface area contributed by atoms with Crippen molar-refractivity contribution in [2.24, 2.45) is 0 Å². The number of aromatic nitrogens is 2. The maximum atomic E-state index is 12.0. The molecular formula is C19H24N4OS. The van der Waals surface area contributed by atoms with Crippen LogP contribution in [0.2, 0.25) is 0 Å². The highest BCUT2D eigenvalue weighted by atomic mass is 32.2. The Hall–Kier alpha value is -2.08. The highest BCUT2D eigenvalue weighted by Crippen LogP contribution is 2.20. The van der Waals surface area contributed by atoms with Gasteiger partial charge in [-0.2, -0.15) is 0 Å². The fourth-order valence-corrected chi connectivity index (χ4v) is 3.45. The molecular weight excluding hydrogens is 332 g/mol. The minimum atomic E-state index is -0.0350. The molecule has 1 aromatic heterocycles. The number of thioether (sulfide) groups is 1. The van der Waals surface area contributed by atoms with Gasteiger partial charge in [-0.15, -0.1) is 10.2 Å². The van der Waals surface area contributed by atoms with E-state index in [1.54, 1.807) is 0 Å². The van der Waals surface area contributed by atoms with Crippen molar-refractivity contribution in [3.8, 4) is 0 Å². The molecule has 132 valence electrons. The molecule has 1 aromatic carbocycles. The van der Waals surface area contributed by atoms with Gasteiger partial charge in [0.25, 0.3) is 0 Å². The Morgan fingerprint density at radius 2 is 1.76 bits per heavy atom. The van der Waals surface area contributed by atoms with Gasteiger partial charge in [-0.3, -0.25) is 4.79 Å². The van der Waals surface area contributed by atoms with Crippen LogP contribution in [0.3, 0.4) is 0 Å². The predicted molar refractivity (Wildman–Crippen MR) is 103 cm³/mol. The van der Waals surface area contributed by atoms with Crippen molar-refractivity contribution in [2.45, 2.75) is 37.6 Å². The zero-order valence-electron chi connectivity index (χ0n) is 14.6. The largest absolute Gasteiger partial charge is 0.355 e. The Kier molecular flexibility index (Phi) is 6.28. The molecule has 0 radical (unpaired) electrons. The van der Waals surface area contributed by atoms with Crippen LogP contribution in [0.15, 0.2) is 41.4 Å². The molecule has 0 bridgehead atoms. The van der Waals surface area contributed by atoms with E-state index in [1.165, 1.54) is 43.0 Å². The normalized spacial score (nSPS) is 14.8. The monoisotopic (exact) mass is 356 g/mol. The Labute approximate surface area is 153 Å². The summed E-state index contributed by atoms with van der Waals surface area (Å²) < 4.78 is 0. The van der Waals surface area contributed by atoms with Crippen LogP contribution in [0.4, 0.5) is 11.5 Å². The minimum absolute atomic E-state index is 0.0350. The maximum Gasteiger partial charge on any atom is 0.234 e. The van der Waals surface area contributed by atoms with E-state index < -0.39 is 0 Å². The number of aryl methyl sites for hydroxylation is 1. The molecule has 0 unspecified atom stereocenters. The van der Waals surface area contributed by atoms with Gasteiger partial charge >= 0.3 is 0 Å². The lowest BCUT2D eigenvalue weighted by molar-refractivity contribution is -0.113. The third-order valence-corrected chi connectivity index (χ3v) is 5.16. The van der Waals surface area contributed by atoms with E-state index in [0.29, 0.717) is 5.75 Å². The van der Waals surface area contributed by atoms with Gasteiger partial charge < -0.3 is 10.2 Å². The van der Waals surface area contributed by atoms with Crippen LogP contribution in [-0.4, -0.2) is 34.9 Å². The van der Waals surface area contributed by atoms with E-state index in [0.717, 1.165) is 29.6 Å². The molecule has 0 spiro atoms. The fraction of sp³-hybridized carbons (Fsp3) is 0.421. The number of rotatable bonds is 5. The summed E-state index contributed by atoms with van der Waals surface area (Å²) in [7, 11) is 0. The number of carbonyl (C=O) groups excluding carboxylic acids is 1. The number of nitrogens with zero attached hydrogens (tertiary/aromatic N) is 3. The van der Waals surface area contributed by atoms with Crippen molar-refractivity contribution in [2.75, 3.05) is 29.1 Å². The van der Waals surface area contributed by atoms with Crippen molar-refractivity contribution in [1.29, 1.82) is 0 Å². The summed E-state index contributed by atoms with van der Waals surface area (Å²) in [6, 6.07) is 11.8. The van der Waals surface area contributed by atoms with Gasteiger partial charge in [0.1, 0.15) is 5.03 Å². The summed E-state index contributed by atoms with van der Waals surface area (Å²) in [6.45, 7) is 4.13. The van der Waals surface area contributed by atoms with Crippen molar-refractivity contribution >= 4 is 29.2 Å². The second-order valence-electron chi connectivity index (χ2n) is 6.33. The Morgan fingerprint density at radius 1 is 1.04 bits per heavy atom. The van der Waals surface area contributed by atoms with Gasteiger partial charge in [0.2, 0.25) is 5.91 Å². The molecule has 5 nitrogen and oxygen atoms in total. The first-order valence-corrected chi connectivity index (χ1v) is 9.77. The van der Waals surface area contributed by atoms with E-state index in [1.807, 2.05) is 43.3 Å². The number of benzene rings is 1. The number of hydrogen-bond acceptors (Lipinski definition) is 5. The molecule has 1 fully saturated rings. The predicted octanol–water partition coefficient (Wildman–Crippen LogP) is 3.90. The van der Waals surface area contributed by atoms with Crippen LogP contribution in [0.25, 0.3) is 0 Å². The number of anilines is 2. The lowest BCUT2D eigenvalue weighted by Crippen LogP contribution is -2.25. The molecule has 2 aromatic rings. The summed E-state index contributed by atoms with van der Waals surface area (Å²) in [5.41, 5.74) is 1.99. The third-order valence-electron chi connectivity index (χ3n) is 4.24. The van der Waals surface area contributed by atoms with Gasteiger partial charge in [0, 0.05) is 18.8 Å². The molecule has 3 rings (SSSR count). The molecule has 0 aliphatic carbocycles. The van der Waals surface area contributed by atoms with Crippen LogP contribution in [0, 0.1) is 6.92 Å². The SMILES string of the molecule is Cc1ccc(NC(=O)CSc2ccc(N3CCCCCC3)nn2)cc1. The molecule has 0 atom stereocenters. The molecule has 25 heavy (non-hydrogen) atoms. The maximum absolute atomic E-state index is 12.0. The summed E-state index contributed by atoms with van der Waals surface area (Å²) in [6.07, 6.45) is 5.04. The van der Waals surface area contributed by atoms with Crippen molar-refractivity contribution in [3.05, 3.63) is 42.0 Å². The first kappa shape index (κ1) is 17.7. The lowest BCUT2D eigenvalue weighted by Gasteiger charge is -2.20. The van der Waals surface area contributed by atoms with E-state index in [2.05, 4.69) is 20.4 Å².